The normalized spacial score (nSPS) is 15.4. The SMILES string of the molecule is Cc1cc(/C=C2\SC(=O)N(Cc3ccc(F)cc3Cl)C2=O)c(C)n1Cc1ccccc1. The minimum atomic E-state index is -0.464. The van der Waals surface area contributed by atoms with Gasteiger partial charge in [0.15, 0.2) is 0 Å². The average Bonchev–Trinajstić information content (AvgIpc) is 3.15. The molecular weight excluding hydrogens is 435 g/mol. The van der Waals surface area contributed by atoms with Crippen molar-refractivity contribution in [2.24, 2.45) is 0 Å². The van der Waals surface area contributed by atoms with Gasteiger partial charge in [-0.15, -0.1) is 0 Å². The lowest BCUT2D eigenvalue weighted by Crippen LogP contribution is -2.27. The quantitative estimate of drug-likeness (QED) is 0.432. The maximum Gasteiger partial charge on any atom is 0.293 e. The first-order valence-corrected chi connectivity index (χ1v) is 10.9. The van der Waals surface area contributed by atoms with Gasteiger partial charge in [0.1, 0.15) is 5.82 Å². The Hall–Kier alpha value is -2.83. The van der Waals surface area contributed by atoms with Crippen molar-refractivity contribution in [2.45, 2.75) is 26.9 Å². The molecule has 1 aromatic heterocycles. The highest BCUT2D eigenvalue weighted by atomic mass is 35.5. The van der Waals surface area contributed by atoms with Gasteiger partial charge in [0.25, 0.3) is 11.1 Å². The molecule has 0 radical (unpaired) electrons. The molecule has 2 amide bonds. The summed E-state index contributed by atoms with van der Waals surface area (Å²) in [5, 5.41) is -0.178. The van der Waals surface area contributed by atoms with Crippen LogP contribution >= 0.6 is 23.4 Å². The van der Waals surface area contributed by atoms with Gasteiger partial charge in [0, 0.05) is 23.0 Å². The largest absolute Gasteiger partial charge is 0.344 e. The first-order valence-electron chi connectivity index (χ1n) is 9.73. The Bertz CT molecular complexity index is 1200. The molecule has 0 atom stereocenters. The number of nitrogens with zero attached hydrogens (tertiary/aromatic N) is 2. The predicted octanol–water partition coefficient (Wildman–Crippen LogP) is 6.18. The van der Waals surface area contributed by atoms with E-state index in [-0.39, 0.29) is 22.7 Å². The average molecular weight is 455 g/mol. The van der Waals surface area contributed by atoms with Crippen molar-refractivity contribution in [3.05, 3.63) is 98.4 Å². The molecular formula is C24H20ClFN2O2S. The lowest BCUT2D eigenvalue weighted by atomic mass is 10.2. The number of hydrogen-bond acceptors (Lipinski definition) is 3. The number of thioether (sulfide) groups is 1. The number of benzene rings is 2. The lowest BCUT2D eigenvalue weighted by Gasteiger charge is -2.13. The maximum atomic E-state index is 13.3. The maximum absolute atomic E-state index is 13.3. The third-order valence-electron chi connectivity index (χ3n) is 5.30. The summed E-state index contributed by atoms with van der Waals surface area (Å²) in [6.07, 6.45) is 1.76. The molecule has 2 heterocycles. The fraction of sp³-hybridized carbons (Fsp3) is 0.167. The van der Waals surface area contributed by atoms with Gasteiger partial charge < -0.3 is 4.57 Å². The Morgan fingerprint density at radius 3 is 2.48 bits per heavy atom. The van der Waals surface area contributed by atoms with Gasteiger partial charge in [-0.1, -0.05) is 48.0 Å². The summed E-state index contributed by atoms with van der Waals surface area (Å²) in [5.41, 5.74) is 4.71. The summed E-state index contributed by atoms with van der Waals surface area (Å²) in [6.45, 7) is 4.77. The van der Waals surface area contributed by atoms with Crippen LogP contribution in [0.25, 0.3) is 6.08 Å². The van der Waals surface area contributed by atoms with E-state index in [9.17, 15) is 14.0 Å². The number of imide groups is 1. The number of carbonyl (C=O) groups is 2. The van der Waals surface area contributed by atoms with Crippen molar-refractivity contribution in [3.8, 4) is 0 Å². The van der Waals surface area contributed by atoms with Crippen LogP contribution in [0.2, 0.25) is 5.02 Å². The monoisotopic (exact) mass is 454 g/mol. The summed E-state index contributed by atoms with van der Waals surface area (Å²) < 4.78 is 15.5. The van der Waals surface area contributed by atoms with Gasteiger partial charge in [0.2, 0.25) is 0 Å². The number of halogens is 2. The minimum Gasteiger partial charge on any atom is -0.344 e. The van der Waals surface area contributed by atoms with Crippen molar-refractivity contribution in [3.63, 3.8) is 0 Å². The number of carbonyl (C=O) groups excluding carboxylic acids is 2. The number of aryl methyl sites for hydroxylation is 1. The van der Waals surface area contributed by atoms with E-state index >= 15 is 0 Å². The van der Waals surface area contributed by atoms with Crippen LogP contribution in [0.4, 0.5) is 9.18 Å². The van der Waals surface area contributed by atoms with E-state index in [1.54, 1.807) is 6.08 Å². The number of rotatable bonds is 5. The van der Waals surface area contributed by atoms with Gasteiger partial charge in [-0.2, -0.15) is 0 Å². The third kappa shape index (κ3) is 4.45. The Morgan fingerprint density at radius 2 is 1.77 bits per heavy atom. The molecule has 0 saturated carbocycles. The smallest absolute Gasteiger partial charge is 0.293 e. The number of amides is 2. The zero-order chi connectivity index (χ0) is 22.1. The fourth-order valence-corrected chi connectivity index (χ4v) is 4.64. The van der Waals surface area contributed by atoms with Crippen molar-refractivity contribution >= 4 is 40.6 Å². The molecule has 158 valence electrons. The van der Waals surface area contributed by atoms with Gasteiger partial charge >= 0.3 is 0 Å². The van der Waals surface area contributed by atoms with Crippen molar-refractivity contribution in [1.82, 2.24) is 9.47 Å². The van der Waals surface area contributed by atoms with Crippen LogP contribution in [0.15, 0.2) is 59.5 Å². The first-order chi connectivity index (χ1) is 14.8. The van der Waals surface area contributed by atoms with E-state index in [0.717, 1.165) is 40.2 Å². The fourth-order valence-electron chi connectivity index (χ4n) is 3.58. The molecule has 0 aliphatic carbocycles. The number of aromatic nitrogens is 1. The molecule has 1 fully saturated rings. The minimum absolute atomic E-state index is 0.00808. The zero-order valence-electron chi connectivity index (χ0n) is 17.1. The van der Waals surface area contributed by atoms with Gasteiger partial charge in [-0.3, -0.25) is 14.5 Å². The molecule has 7 heteroatoms. The van der Waals surface area contributed by atoms with Crippen LogP contribution < -0.4 is 0 Å². The molecule has 0 N–H and O–H groups in total. The Morgan fingerprint density at radius 1 is 1.03 bits per heavy atom. The van der Waals surface area contributed by atoms with E-state index in [1.807, 2.05) is 38.1 Å². The molecule has 1 saturated heterocycles. The van der Waals surface area contributed by atoms with Gasteiger partial charge in [0.05, 0.1) is 11.4 Å². The summed E-state index contributed by atoms with van der Waals surface area (Å²) in [7, 11) is 0. The second-order valence-electron chi connectivity index (χ2n) is 7.40. The van der Waals surface area contributed by atoms with Crippen molar-refractivity contribution in [2.75, 3.05) is 0 Å². The predicted molar refractivity (Wildman–Crippen MR) is 122 cm³/mol. The highest BCUT2D eigenvalue weighted by Gasteiger charge is 2.35. The summed E-state index contributed by atoms with van der Waals surface area (Å²) in [4.78, 5) is 26.9. The summed E-state index contributed by atoms with van der Waals surface area (Å²) >= 11 is 6.97. The highest BCUT2D eigenvalue weighted by molar-refractivity contribution is 8.18. The zero-order valence-corrected chi connectivity index (χ0v) is 18.6. The third-order valence-corrected chi connectivity index (χ3v) is 6.56. The van der Waals surface area contributed by atoms with Crippen molar-refractivity contribution in [1.29, 1.82) is 0 Å². The van der Waals surface area contributed by atoms with Crippen LogP contribution in [-0.2, 0) is 17.9 Å². The van der Waals surface area contributed by atoms with Crippen LogP contribution in [0, 0.1) is 19.7 Å². The molecule has 2 aromatic carbocycles. The Balaban J connectivity index is 1.57. The molecule has 1 aliphatic rings. The first kappa shape index (κ1) is 21.4. The second kappa shape index (κ2) is 8.73. The van der Waals surface area contributed by atoms with E-state index in [2.05, 4.69) is 16.7 Å². The molecule has 3 aromatic rings. The highest BCUT2D eigenvalue weighted by Crippen LogP contribution is 2.35. The lowest BCUT2D eigenvalue weighted by molar-refractivity contribution is -0.123. The van der Waals surface area contributed by atoms with Crippen molar-refractivity contribution < 1.29 is 14.0 Å². The standard InChI is InChI=1S/C24H20ClFN2O2S/c1-15-10-19(16(2)27(15)13-17-6-4-3-5-7-17)11-22-23(29)28(24(30)31-22)14-18-8-9-20(26)12-21(18)25/h3-12H,13-14H2,1-2H3/b22-11-. The van der Waals surface area contributed by atoms with Crippen LogP contribution in [0.3, 0.4) is 0 Å². The van der Waals surface area contributed by atoms with E-state index in [4.69, 9.17) is 11.6 Å². The topological polar surface area (TPSA) is 42.3 Å². The molecule has 1 aliphatic heterocycles. The molecule has 31 heavy (non-hydrogen) atoms. The van der Waals surface area contributed by atoms with Gasteiger partial charge in [-0.05, 0) is 66.6 Å². The number of hydrogen-bond donors (Lipinski definition) is 0. The molecule has 4 nitrogen and oxygen atoms in total. The summed E-state index contributed by atoms with van der Waals surface area (Å²) in [6, 6.07) is 16.1. The summed E-state index contributed by atoms with van der Waals surface area (Å²) in [5.74, 6) is -0.836. The van der Waals surface area contributed by atoms with Crippen LogP contribution in [0.5, 0.6) is 0 Å². The molecule has 0 unspecified atom stereocenters. The molecule has 0 bridgehead atoms. The van der Waals surface area contributed by atoms with Crippen LogP contribution in [-0.4, -0.2) is 20.6 Å². The Kier molecular flexibility index (Phi) is 6.03. The van der Waals surface area contributed by atoms with Crippen LogP contribution in [0.1, 0.15) is 28.1 Å². The van der Waals surface area contributed by atoms with E-state index < -0.39 is 5.82 Å². The van der Waals surface area contributed by atoms with Gasteiger partial charge in [-0.25, -0.2) is 4.39 Å². The Labute approximate surface area is 189 Å². The van der Waals surface area contributed by atoms with E-state index in [0.29, 0.717) is 10.5 Å². The van der Waals surface area contributed by atoms with E-state index in [1.165, 1.54) is 23.8 Å². The molecule has 4 rings (SSSR count). The molecule has 0 spiro atoms. The second-order valence-corrected chi connectivity index (χ2v) is 8.80.